The van der Waals surface area contributed by atoms with E-state index in [1.165, 1.54) is 19.3 Å². The van der Waals surface area contributed by atoms with Crippen LogP contribution in [0.5, 0.6) is 0 Å². The molecule has 3 rings (SSSR count). The van der Waals surface area contributed by atoms with E-state index < -0.39 is 0 Å². The minimum Gasteiger partial charge on any atom is -0.375 e. The number of carbonyl (C=O) groups excluding carboxylic acids is 1. The first-order valence-electron chi connectivity index (χ1n) is 7.24. The highest BCUT2D eigenvalue weighted by atomic mass is 16.5. The van der Waals surface area contributed by atoms with Crippen LogP contribution in [0.2, 0.25) is 0 Å². The average Bonchev–Trinajstić information content (AvgIpc) is 2.48. The summed E-state index contributed by atoms with van der Waals surface area (Å²) in [5.74, 6) is 0.305. The van der Waals surface area contributed by atoms with Crippen molar-refractivity contribution in [3.8, 4) is 0 Å². The lowest BCUT2D eigenvalue weighted by molar-refractivity contribution is -0.111. The Morgan fingerprint density at radius 2 is 2.11 bits per heavy atom. The monoisotopic (exact) mass is 260 g/mol. The molecule has 19 heavy (non-hydrogen) atoms. The van der Waals surface area contributed by atoms with Gasteiger partial charge in [0.15, 0.2) is 5.78 Å². The molecule has 0 radical (unpaired) electrons. The van der Waals surface area contributed by atoms with Crippen LogP contribution in [0.1, 0.15) is 55.3 Å². The molecule has 1 aliphatic carbocycles. The Hall–Kier alpha value is -1.29. The fourth-order valence-electron chi connectivity index (χ4n) is 3.47. The van der Waals surface area contributed by atoms with E-state index >= 15 is 0 Å². The molecule has 2 fully saturated rings. The molecule has 1 aromatic heterocycles. The summed E-state index contributed by atoms with van der Waals surface area (Å²) in [4.78, 5) is 12.5. The van der Waals surface area contributed by atoms with Crippen LogP contribution in [0.4, 0.5) is 0 Å². The van der Waals surface area contributed by atoms with Crippen molar-refractivity contribution in [3.63, 3.8) is 0 Å². The molecule has 2 aliphatic rings. The first kappa shape index (κ1) is 12.7. The van der Waals surface area contributed by atoms with E-state index in [0.29, 0.717) is 5.56 Å². The fraction of sp³-hybridized carbons (Fsp3) is 0.667. The molecule has 4 nitrogen and oxygen atoms in total. The van der Waals surface area contributed by atoms with Crippen molar-refractivity contribution >= 4 is 5.78 Å². The predicted molar refractivity (Wildman–Crippen MR) is 70.9 cm³/mol. The van der Waals surface area contributed by atoms with Gasteiger partial charge in [0.25, 0.3) is 0 Å². The zero-order chi connectivity index (χ0) is 13.1. The zero-order valence-corrected chi connectivity index (χ0v) is 11.2. The molecule has 1 saturated carbocycles. The lowest BCUT2D eigenvalue weighted by atomic mass is 9.74. The van der Waals surface area contributed by atoms with Crippen LogP contribution in [-0.2, 0) is 4.74 Å². The van der Waals surface area contributed by atoms with Gasteiger partial charge < -0.3 is 4.74 Å². The van der Waals surface area contributed by atoms with E-state index in [0.717, 1.165) is 32.3 Å². The largest absolute Gasteiger partial charge is 0.375 e. The molecule has 0 amide bonds. The third-order valence-corrected chi connectivity index (χ3v) is 4.50. The van der Waals surface area contributed by atoms with Gasteiger partial charge in [0.05, 0.1) is 18.0 Å². The topological polar surface area (TPSA) is 52.1 Å². The lowest BCUT2D eigenvalue weighted by Gasteiger charge is -2.43. The Bertz CT molecular complexity index is 435. The quantitative estimate of drug-likeness (QED) is 0.767. The van der Waals surface area contributed by atoms with Crippen molar-refractivity contribution in [2.45, 2.75) is 50.5 Å². The second-order valence-electron chi connectivity index (χ2n) is 5.78. The third-order valence-electron chi connectivity index (χ3n) is 4.50. The summed E-state index contributed by atoms with van der Waals surface area (Å²) in [6, 6.07) is 1.76. The molecule has 0 aromatic carbocycles. The second-order valence-corrected chi connectivity index (χ2v) is 5.78. The van der Waals surface area contributed by atoms with Crippen LogP contribution >= 0.6 is 0 Å². The van der Waals surface area contributed by atoms with Gasteiger partial charge in [-0.2, -0.15) is 10.2 Å². The Balaban J connectivity index is 1.73. The lowest BCUT2D eigenvalue weighted by Crippen LogP contribution is -2.43. The van der Waals surface area contributed by atoms with Crippen molar-refractivity contribution < 1.29 is 9.53 Å². The van der Waals surface area contributed by atoms with E-state index in [1.54, 1.807) is 18.5 Å². The van der Waals surface area contributed by atoms with E-state index in [4.69, 9.17) is 4.74 Å². The Morgan fingerprint density at radius 3 is 2.84 bits per heavy atom. The predicted octanol–water partition coefficient (Wildman–Crippen LogP) is 2.79. The van der Waals surface area contributed by atoms with Gasteiger partial charge in [-0.05, 0) is 31.7 Å². The maximum atomic E-state index is 12.5. The molecule has 1 spiro atoms. The van der Waals surface area contributed by atoms with Crippen LogP contribution in [0.15, 0.2) is 18.5 Å². The number of hydrogen-bond acceptors (Lipinski definition) is 4. The molecule has 0 bridgehead atoms. The van der Waals surface area contributed by atoms with E-state index in [2.05, 4.69) is 10.2 Å². The van der Waals surface area contributed by atoms with Gasteiger partial charge in [-0.25, -0.2) is 0 Å². The van der Waals surface area contributed by atoms with Crippen molar-refractivity contribution in [1.82, 2.24) is 10.2 Å². The standard InChI is InChI=1S/C15H20N2O2/c18-14(13-4-8-16-17-11-13)12-5-9-19-15(10-12)6-2-1-3-7-15/h4,8,11-12H,1-3,5-7,9-10H2. The molecule has 1 aliphatic heterocycles. The van der Waals surface area contributed by atoms with Gasteiger partial charge in [0.1, 0.15) is 0 Å². The number of ether oxygens (including phenoxy) is 1. The Morgan fingerprint density at radius 1 is 1.26 bits per heavy atom. The highest BCUT2D eigenvalue weighted by Crippen LogP contribution is 2.41. The third kappa shape index (κ3) is 2.68. The van der Waals surface area contributed by atoms with Gasteiger partial charge in [0.2, 0.25) is 0 Å². The number of Topliss-reactive ketones (excluding diaryl/α,β-unsaturated/α-hetero) is 1. The van der Waals surface area contributed by atoms with Gasteiger partial charge in [-0.15, -0.1) is 0 Å². The SMILES string of the molecule is O=C(c1ccnnc1)C1CCOC2(CCCCC2)C1. The number of ketones is 1. The molecule has 2 heterocycles. The molecular weight excluding hydrogens is 240 g/mol. The minimum atomic E-state index is -0.0166. The first-order valence-corrected chi connectivity index (χ1v) is 7.24. The van der Waals surface area contributed by atoms with Crippen molar-refractivity contribution in [2.24, 2.45) is 5.92 Å². The van der Waals surface area contributed by atoms with Crippen molar-refractivity contribution in [3.05, 3.63) is 24.0 Å². The minimum absolute atomic E-state index is 0.0166. The highest BCUT2D eigenvalue weighted by Gasteiger charge is 2.40. The summed E-state index contributed by atoms with van der Waals surface area (Å²) in [6.45, 7) is 0.717. The summed E-state index contributed by atoms with van der Waals surface area (Å²) in [6.07, 6.45) is 10.9. The summed E-state index contributed by atoms with van der Waals surface area (Å²) in [7, 11) is 0. The maximum Gasteiger partial charge on any atom is 0.167 e. The van der Waals surface area contributed by atoms with Crippen LogP contribution in [0, 0.1) is 5.92 Å². The molecule has 102 valence electrons. The van der Waals surface area contributed by atoms with Crippen LogP contribution in [0.25, 0.3) is 0 Å². The van der Waals surface area contributed by atoms with E-state index in [1.807, 2.05) is 0 Å². The van der Waals surface area contributed by atoms with E-state index in [-0.39, 0.29) is 17.3 Å². The van der Waals surface area contributed by atoms with Gasteiger partial charge in [-0.1, -0.05) is 19.3 Å². The van der Waals surface area contributed by atoms with Gasteiger partial charge >= 0.3 is 0 Å². The van der Waals surface area contributed by atoms with Crippen molar-refractivity contribution in [1.29, 1.82) is 0 Å². The van der Waals surface area contributed by atoms with Gasteiger partial charge in [-0.3, -0.25) is 4.79 Å². The number of carbonyl (C=O) groups is 1. The van der Waals surface area contributed by atoms with Crippen LogP contribution in [-0.4, -0.2) is 28.2 Å². The summed E-state index contributed by atoms with van der Waals surface area (Å²) >= 11 is 0. The van der Waals surface area contributed by atoms with Crippen molar-refractivity contribution in [2.75, 3.05) is 6.61 Å². The molecule has 1 aromatic rings. The van der Waals surface area contributed by atoms with Gasteiger partial charge in [0, 0.05) is 18.1 Å². The molecule has 0 N–H and O–H groups in total. The smallest absolute Gasteiger partial charge is 0.167 e. The molecule has 1 atom stereocenters. The molecular formula is C15H20N2O2. The fourth-order valence-corrected chi connectivity index (χ4v) is 3.47. The number of hydrogen-bond donors (Lipinski definition) is 0. The summed E-state index contributed by atoms with van der Waals surface area (Å²) in [5.41, 5.74) is 0.671. The maximum absolute atomic E-state index is 12.5. The normalized spacial score (nSPS) is 26.2. The van der Waals surface area contributed by atoms with Crippen LogP contribution < -0.4 is 0 Å². The Labute approximate surface area is 113 Å². The van der Waals surface area contributed by atoms with E-state index in [9.17, 15) is 4.79 Å². The average molecular weight is 260 g/mol. The highest BCUT2D eigenvalue weighted by molar-refractivity contribution is 5.97. The number of rotatable bonds is 2. The summed E-state index contributed by atoms with van der Waals surface area (Å²) in [5, 5.41) is 7.53. The molecule has 1 unspecified atom stereocenters. The molecule has 4 heteroatoms. The first-order chi connectivity index (χ1) is 9.29. The molecule has 1 saturated heterocycles. The zero-order valence-electron chi connectivity index (χ0n) is 11.2. The van der Waals surface area contributed by atoms with Crippen LogP contribution in [0.3, 0.4) is 0 Å². The Kier molecular flexibility index (Phi) is 3.60. The summed E-state index contributed by atoms with van der Waals surface area (Å²) < 4.78 is 6.04. The number of aromatic nitrogens is 2. The second kappa shape index (κ2) is 5.37. The number of nitrogens with zero attached hydrogens (tertiary/aromatic N) is 2.